The van der Waals surface area contributed by atoms with Gasteiger partial charge in [-0.2, -0.15) is 0 Å². The van der Waals surface area contributed by atoms with Crippen molar-refractivity contribution in [3.05, 3.63) is 71.8 Å². The van der Waals surface area contributed by atoms with E-state index in [9.17, 15) is 15.0 Å². The number of hydrogen-bond donors (Lipinski definition) is 2. The smallest absolute Gasteiger partial charge is 0.331 e. The third-order valence-corrected chi connectivity index (χ3v) is 8.75. The Hall–Kier alpha value is -2.21. The van der Waals surface area contributed by atoms with Crippen LogP contribution >= 0.6 is 0 Å². The molecule has 1 aromatic carbocycles. The Morgan fingerprint density at radius 1 is 0.969 bits per heavy atom. The molecule has 10 atom stereocenters. The summed E-state index contributed by atoms with van der Waals surface area (Å²) in [7, 11) is 0. The number of benzene rings is 1. The largest absolute Gasteiger partial charge is 0.478 e. The first-order valence-electron chi connectivity index (χ1n) is 12.0. The molecule has 4 aliphatic carbocycles. The fourth-order valence-electron chi connectivity index (χ4n) is 7.43. The Morgan fingerprint density at radius 3 is 2.56 bits per heavy atom. The molecule has 6 rings (SSSR count). The molecule has 0 radical (unpaired) electrons. The summed E-state index contributed by atoms with van der Waals surface area (Å²) in [5.41, 5.74) is 1.49. The van der Waals surface area contributed by atoms with Gasteiger partial charge in [0.1, 0.15) is 12.2 Å². The van der Waals surface area contributed by atoms with Crippen LogP contribution in [-0.4, -0.2) is 28.4 Å². The highest BCUT2D eigenvalue weighted by atomic mass is 17.2. The van der Waals surface area contributed by atoms with Crippen LogP contribution in [-0.2, 0) is 14.6 Å². The van der Waals surface area contributed by atoms with Gasteiger partial charge >= 0.3 is 5.97 Å². The van der Waals surface area contributed by atoms with Gasteiger partial charge in [0.15, 0.2) is 0 Å². The first-order chi connectivity index (χ1) is 15.6. The quantitative estimate of drug-likeness (QED) is 0.510. The summed E-state index contributed by atoms with van der Waals surface area (Å²) in [5.74, 6) is 1.92. The third-order valence-electron chi connectivity index (χ3n) is 8.75. The molecule has 0 saturated heterocycles. The van der Waals surface area contributed by atoms with Crippen LogP contribution in [0.5, 0.6) is 0 Å². The van der Waals surface area contributed by atoms with Crippen LogP contribution in [0.2, 0.25) is 0 Å². The highest BCUT2D eigenvalue weighted by Gasteiger charge is 2.63. The van der Waals surface area contributed by atoms with Crippen molar-refractivity contribution in [2.45, 2.75) is 44.0 Å². The fourth-order valence-corrected chi connectivity index (χ4v) is 7.43. The summed E-state index contributed by atoms with van der Waals surface area (Å²) < 4.78 is 0. The summed E-state index contributed by atoms with van der Waals surface area (Å²) in [6.45, 7) is 0. The van der Waals surface area contributed by atoms with E-state index in [0.717, 1.165) is 31.2 Å². The minimum Gasteiger partial charge on any atom is -0.478 e. The Labute approximate surface area is 188 Å². The minimum atomic E-state index is -0.882. The number of allylic oxidation sites excluding steroid dienone is 2. The molecule has 2 N–H and O–H groups in total. The molecule has 1 heterocycles. The van der Waals surface area contributed by atoms with Crippen LogP contribution in [0.1, 0.15) is 37.4 Å². The zero-order valence-electron chi connectivity index (χ0n) is 18.0. The van der Waals surface area contributed by atoms with Crippen molar-refractivity contribution in [1.29, 1.82) is 0 Å². The number of hydrogen-bond acceptors (Lipinski definition) is 4. The van der Waals surface area contributed by atoms with Gasteiger partial charge in [-0.25, -0.2) is 14.6 Å². The molecule has 5 nitrogen and oxygen atoms in total. The van der Waals surface area contributed by atoms with Gasteiger partial charge in [-0.1, -0.05) is 55.0 Å². The molecule has 2 fully saturated rings. The van der Waals surface area contributed by atoms with Gasteiger partial charge in [0.2, 0.25) is 0 Å². The van der Waals surface area contributed by atoms with Crippen molar-refractivity contribution in [3.63, 3.8) is 0 Å². The molecule has 1 aromatic rings. The SMILES string of the molecule is O=C(O)C1=C[C@@H](O)[C@@H]2C[C@H]3[C@H](CCC[C@H]4C=C[C@H](c5ccccc5)OO4)[C@H]4C=C[C@@H]1[C@@H]2[C@H]43. The predicted octanol–water partition coefficient (Wildman–Crippen LogP) is 4.47. The second-order valence-electron chi connectivity index (χ2n) is 10.2. The van der Waals surface area contributed by atoms with E-state index in [1.54, 1.807) is 6.08 Å². The second kappa shape index (κ2) is 7.98. The van der Waals surface area contributed by atoms with E-state index < -0.39 is 12.1 Å². The Kier molecular flexibility index (Phi) is 5.09. The molecule has 0 spiro atoms. The Bertz CT molecular complexity index is 966. The van der Waals surface area contributed by atoms with E-state index in [4.69, 9.17) is 9.78 Å². The van der Waals surface area contributed by atoms with Gasteiger partial charge < -0.3 is 10.2 Å². The number of carbonyl (C=O) groups is 1. The standard InChI is InChI=1S/C27H30O5/c28-23-14-21(27(29)30)19-11-10-18-17(20-13-22(23)26(19)25(18)20)8-4-7-16-9-12-24(32-31-16)15-5-2-1-3-6-15/h1-3,5-6,9-12,14,16-20,22-26,28H,4,7-8,13H2,(H,29,30)/t16-,17+,18+,19-,20-,22-,23+,24+,25+,26-/m0/s1. The summed E-state index contributed by atoms with van der Waals surface area (Å²) in [6.07, 6.45) is 13.6. The van der Waals surface area contributed by atoms with E-state index in [1.807, 2.05) is 30.3 Å². The molecule has 168 valence electrons. The summed E-state index contributed by atoms with van der Waals surface area (Å²) in [6, 6.07) is 10.1. The van der Waals surface area contributed by atoms with Crippen molar-refractivity contribution in [3.8, 4) is 0 Å². The first-order valence-corrected chi connectivity index (χ1v) is 12.0. The molecule has 5 aliphatic rings. The van der Waals surface area contributed by atoms with Crippen molar-refractivity contribution < 1.29 is 24.8 Å². The van der Waals surface area contributed by atoms with Gasteiger partial charge in [0, 0.05) is 11.5 Å². The number of aliphatic hydroxyl groups excluding tert-OH is 1. The molecule has 0 unspecified atom stereocenters. The third kappa shape index (κ3) is 3.21. The van der Waals surface area contributed by atoms with Gasteiger partial charge in [-0.05, 0) is 72.5 Å². The second-order valence-corrected chi connectivity index (χ2v) is 10.2. The number of aliphatic hydroxyl groups is 1. The number of carboxylic acids is 1. The van der Waals surface area contributed by atoms with E-state index in [2.05, 4.69) is 24.3 Å². The summed E-state index contributed by atoms with van der Waals surface area (Å²) in [4.78, 5) is 23.0. The van der Waals surface area contributed by atoms with Crippen LogP contribution < -0.4 is 0 Å². The Balaban J connectivity index is 1.06. The van der Waals surface area contributed by atoms with Crippen molar-refractivity contribution >= 4 is 5.97 Å². The normalized spacial score (nSPS) is 43.3. The van der Waals surface area contributed by atoms with Crippen LogP contribution in [0.15, 0.2) is 66.3 Å². The minimum absolute atomic E-state index is 0.00702. The van der Waals surface area contributed by atoms with Crippen LogP contribution in [0, 0.1) is 41.4 Å². The maximum absolute atomic E-state index is 11.7. The van der Waals surface area contributed by atoms with Crippen molar-refractivity contribution in [2.24, 2.45) is 41.4 Å². The molecule has 5 heteroatoms. The van der Waals surface area contributed by atoms with Crippen LogP contribution in [0.25, 0.3) is 0 Å². The number of rotatable bonds is 6. The number of carboxylic acid groups (broad SMARTS) is 1. The molecule has 32 heavy (non-hydrogen) atoms. The first kappa shape index (κ1) is 20.4. The van der Waals surface area contributed by atoms with Gasteiger partial charge in [0.05, 0.1) is 6.10 Å². The molecule has 0 bridgehead atoms. The van der Waals surface area contributed by atoms with E-state index in [-0.39, 0.29) is 24.0 Å². The zero-order valence-corrected chi connectivity index (χ0v) is 18.0. The lowest BCUT2D eigenvalue weighted by Gasteiger charge is -2.54. The van der Waals surface area contributed by atoms with E-state index >= 15 is 0 Å². The van der Waals surface area contributed by atoms with Gasteiger partial charge in [0.25, 0.3) is 0 Å². The summed E-state index contributed by atoms with van der Waals surface area (Å²) >= 11 is 0. The summed E-state index contributed by atoms with van der Waals surface area (Å²) in [5, 5.41) is 20.2. The molecular weight excluding hydrogens is 404 g/mol. The van der Waals surface area contributed by atoms with Crippen LogP contribution in [0.4, 0.5) is 0 Å². The van der Waals surface area contributed by atoms with Crippen molar-refractivity contribution in [1.82, 2.24) is 0 Å². The molecule has 2 saturated carbocycles. The molecule has 0 aromatic heterocycles. The fraction of sp³-hybridized carbons (Fsp3) is 0.519. The number of aliphatic carboxylic acids is 1. The van der Waals surface area contributed by atoms with E-state index in [1.165, 1.54) is 0 Å². The van der Waals surface area contributed by atoms with Crippen molar-refractivity contribution in [2.75, 3.05) is 0 Å². The molecule has 0 amide bonds. The maximum Gasteiger partial charge on any atom is 0.331 e. The topological polar surface area (TPSA) is 76.0 Å². The average Bonchev–Trinajstić information content (AvgIpc) is 3.18. The average molecular weight is 435 g/mol. The molecular formula is C27H30O5. The highest BCUT2D eigenvalue weighted by molar-refractivity contribution is 5.88. The van der Waals surface area contributed by atoms with Crippen LogP contribution in [0.3, 0.4) is 0 Å². The Morgan fingerprint density at radius 2 is 1.81 bits per heavy atom. The predicted molar refractivity (Wildman–Crippen MR) is 118 cm³/mol. The zero-order chi connectivity index (χ0) is 21.8. The monoisotopic (exact) mass is 434 g/mol. The lowest BCUT2D eigenvalue weighted by atomic mass is 9.50. The lowest BCUT2D eigenvalue weighted by Crippen LogP contribution is -2.50. The lowest BCUT2D eigenvalue weighted by molar-refractivity contribution is -0.343. The highest BCUT2D eigenvalue weighted by Crippen LogP contribution is 2.67. The van der Waals surface area contributed by atoms with Gasteiger partial charge in [-0.3, -0.25) is 0 Å². The van der Waals surface area contributed by atoms with E-state index in [0.29, 0.717) is 35.2 Å². The van der Waals surface area contributed by atoms with Gasteiger partial charge in [-0.15, -0.1) is 0 Å². The maximum atomic E-state index is 11.7. The molecule has 1 aliphatic heterocycles.